The highest BCUT2D eigenvalue weighted by molar-refractivity contribution is 6.16. The second kappa shape index (κ2) is 5.53. The van der Waals surface area contributed by atoms with E-state index in [0.717, 1.165) is 0 Å². The van der Waals surface area contributed by atoms with Gasteiger partial charge in [0.05, 0.1) is 0 Å². The normalized spacial score (nSPS) is 13.3. The second-order valence-corrected chi connectivity index (χ2v) is 6.86. The number of aryl methyl sites for hydroxylation is 1. The lowest BCUT2D eigenvalue weighted by atomic mass is 9.89. The zero-order valence-corrected chi connectivity index (χ0v) is 14.3. The number of fused-ring (bicyclic) bond motifs is 3. The minimum absolute atomic E-state index is 0.690. The van der Waals surface area contributed by atoms with Crippen LogP contribution in [0, 0.1) is 6.92 Å². The monoisotopic (exact) mass is 300 g/mol. The highest BCUT2D eigenvalue weighted by Gasteiger charge is 2.22. The number of rotatable bonds is 4. The maximum absolute atomic E-state index is 2.46. The molecule has 0 nitrogen and oxygen atoms in total. The first-order chi connectivity index (χ1) is 11.2. The van der Waals surface area contributed by atoms with E-state index in [0.29, 0.717) is 5.92 Å². The highest BCUT2D eigenvalue weighted by atomic mass is 14.3. The van der Waals surface area contributed by atoms with Crippen LogP contribution in [0.25, 0.3) is 33.0 Å². The maximum Gasteiger partial charge on any atom is -0.00237 e. The Balaban J connectivity index is 1.94. The third-order valence-electron chi connectivity index (χ3n) is 5.48. The third-order valence-corrected chi connectivity index (χ3v) is 5.48. The molecule has 3 aromatic carbocycles. The fourth-order valence-corrected chi connectivity index (χ4v) is 4.23. The Hall–Kier alpha value is -2.08. The van der Waals surface area contributed by atoms with Crippen molar-refractivity contribution in [2.45, 2.75) is 46.0 Å². The average molecular weight is 300 g/mol. The predicted octanol–water partition coefficient (Wildman–Crippen LogP) is 7.09. The van der Waals surface area contributed by atoms with Crippen molar-refractivity contribution in [2.24, 2.45) is 0 Å². The van der Waals surface area contributed by atoms with Crippen molar-refractivity contribution in [2.75, 3.05) is 0 Å². The lowest BCUT2D eigenvalue weighted by molar-refractivity contribution is 0.596. The Bertz CT molecular complexity index is 886. The van der Waals surface area contributed by atoms with Gasteiger partial charge in [-0.3, -0.25) is 0 Å². The molecule has 1 aliphatic carbocycles. The lowest BCUT2D eigenvalue weighted by Gasteiger charge is -2.16. The summed E-state index contributed by atoms with van der Waals surface area (Å²) in [5, 5.41) is 2.85. The Morgan fingerprint density at radius 1 is 0.826 bits per heavy atom. The summed E-state index contributed by atoms with van der Waals surface area (Å²) >= 11 is 0. The van der Waals surface area contributed by atoms with Gasteiger partial charge >= 0.3 is 0 Å². The first kappa shape index (κ1) is 14.5. The van der Waals surface area contributed by atoms with Gasteiger partial charge < -0.3 is 0 Å². The first-order valence-electron chi connectivity index (χ1n) is 8.91. The van der Waals surface area contributed by atoms with Crippen LogP contribution in [0.2, 0.25) is 0 Å². The fourth-order valence-electron chi connectivity index (χ4n) is 4.23. The second-order valence-electron chi connectivity index (χ2n) is 6.86. The van der Waals surface area contributed by atoms with Gasteiger partial charge in [-0.2, -0.15) is 0 Å². The van der Waals surface area contributed by atoms with Crippen molar-refractivity contribution in [3.05, 3.63) is 59.7 Å². The minimum atomic E-state index is 0.690. The molecular weight excluding hydrogens is 276 g/mol. The van der Waals surface area contributed by atoms with Crippen LogP contribution in [0.5, 0.6) is 0 Å². The van der Waals surface area contributed by atoms with E-state index in [1.54, 1.807) is 0 Å². The zero-order chi connectivity index (χ0) is 16.0. The van der Waals surface area contributed by atoms with Crippen molar-refractivity contribution in [1.29, 1.82) is 0 Å². The molecule has 3 aromatic rings. The van der Waals surface area contributed by atoms with Gasteiger partial charge in [0.1, 0.15) is 0 Å². The Labute approximate surface area is 139 Å². The molecule has 23 heavy (non-hydrogen) atoms. The summed E-state index contributed by atoms with van der Waals surface area (Å²) in [6.07, 6.45) is 3.76. The lowest BCUT2D eigenvalue weighted by Crippen LogP contribution is -1.97. The minimum Gasteiger partial charge on any atom is -0.0654 e. The Kier molecular flexibility index (Phi) is 3.49. The summed E-state index contributed by atoms with van der Waals surface area (Å²) in [5.74, 6) is 0.690. The molecule has 0 spiro atoms. The topological polar surface area (TPSA) is 0 Å². The van der Waals surface area contributed by atoms with E-state index in [1.165, 1.54) is 63.4 Å². The highest BCUT2D eigenvalue weighted by Crippen LogP contribution is 2.48. The molecule has 0 heterocycles. The smallest absolute Gasteiger partial charge is 0.00237 e. The van der Waals surface area contributed by atoms with Gasteiger partial charge in [0.25, 0.3) is 0 Å². The molecule has 0 heteroatoms. The van der Waals surface area contributed by atoms with Crippen molar-refractivity contribution < 1.29 is 0 Å². The molecule has 4 rings (SSSR count). The van der Waals surface area contributed by atoms with E-state index in [2.05, 4.69) is 69.3 Å². The van der Waals surface area contributed by atoms with E-state index in [4.69, 9.17) is 0 Å². The number of hydrogen-bond donors (Lipinski definition) is 0. The summed E-state index contributed by atoms with van der Waals surface area (Å²) in [5.41, 5.74) is 8.55. The molecular formula is C23H24. The van der Waals surface area contributed by atoms with Crippen LogP contribution in [-0.2, 0) is 0 Å². The number of hydrogen-bond acceptors (Lipinski definition) is 0. The van der Waals surface area contributed by atoms with Gasteiger partial charge in [0.2, 0.25) is 0 Å². The molecule has 0 bridgehead atoms. The van der Waals surface area contributed by atoms with Crippen molar-refractivity contribution >= 4 is 10.8 Å². The molecule has 0 radical (unpaired) electrons. The van der Waals surface area contributed by atoms with Crippen LogP contribution in [0.15, 0.2) is 48.5 Å². The number of benzene rings is 3. The molecule has 116 valence electrons. The molecule has 0 aliphatic heterocycles. The van der Waals surface area contributed by atoms with Gasteiger partial charge in [0, 0.05) is 0 Å². The molecule has 0 saturated heterocycles. The van der Waals surface area contributed by atoms with Crippen LogP contribution in [0.3, 0.4) is 0 Å². The molecule has 1 atom stereocenters. The van der Waals surface area contributed by atoms with E-state index in [9.17, 15) is 0 Å². The predicted molar refractivity (Wildman–Crippen MR) is 101 cm³/mol. The van der Waals surface area contributed by atoms with Gasteiger partial charge in [-0.1, -0.05) is 68.8 Å². The molecule has 0 fully saturated rings. The Morgan fingerprint density at radius 3 is 2.39 bits per heavy atom. The zero-order valence-electron chi connectivity index (χ0n) is 14.3. The average Bonchev–Trinajstić information content (AvgIpc) is 2.91. The van der Waals surface area contributed by atoms with Crippen molar-refractivity contribution in [1.82, 2.24) is 0 Å². The van der Waals surface area contributed by atoms with Crippen molar-refractivity contribution in [3.63, 3.8) is 0 Å². The van der Waals surface area contributed by atoms with Gasteiger partial charge in [-0.05, 0) is 69.8 Å². The third kappa shape index (κ3) is 2.12. The van der Waals surface area contributed by atoms with Crippen LogP contribution >= 0.6 is 0 Å². The van der Waals surface area contributed by atoms with E-state index in [-0.39, 0.29) is 0 Å². The largest absolute Gasteiger partial charge is 0.0654 e. The van der Waals surface area contributed by atoms with E-state index < -0.39 is 0 Å². The summed E-state index contributed by atoms with van der Waals surface area (Å²) < 4.78 is 0. The molecule has 0 aromatic heterocycles. The van der Waals surface area contributed by atoms with E-state index >= 15 is 0 Å². The fraction of sp³-hybridized carbons (Fsp3) is 0.304. The molecule has 0 N–H and O–H groups in total. The summed E-state index contributed by atoms with van der Waals surface area (Å²) in [6, 6.07) is 18.5. The van der Waals surface area contributed by atoms with Gasteiger partial charge in [-0.15, -0.1) is 0 Å². The SMILES string of the molecule is CCCC(CC)c1ccc2c(c1)-c1cccc3c(C)ccc-2c13. The molecule has 1 unspecified atom stereocenters. The van der Waals surface area contributed by atoms with E-state index in [1.807, 2.05) is 0 Å². The molecule has 1 aliphatic rings. The quantitative estimate of drug-likeness (QED) is 0.377. The molecule has 0 saturated carbocycles. The van der Waals surface area contributed by atoms with Crippen molar-refractivity contribution in [3.8, 4) is 22.3 Å². The van der Waals surface area contributed by atoms with Crippen LogP contribution < -0.4 is 0 Å². The standard InChI is InChI=1S/C23H24/c1-4-7-16(5-2)17-11-13-19-21-12-10-15(3)18-8-6-9-20(23(18)21)22(19)14-17/h6,8-14,16H,4-5,7H2,1-3H3. The summed E-state index contributed by atoms with van der Waals surface area (Å²) in [7, 11) is 0. The maximum atomic E-state index is 2.46. The first-order valence-corrected chi connectivity index (χ1v) is 8.91. The molecule has 0 amide bonds. The van der Waals surface area contributed by atoms with Gasteiger partial charge in [0.15, 0.2) is 0 Å². The summed E-state index contributed by atoms with van der Waals surface area (Å²) in [6.45, 7) is 6.81. The van der Waals surface area contributed by atoms with Crippen LogP contribution in [0.1, 0.15) is 50.2 Å². The van der Waals surface area contributed by atoms with Gasteiger partial charge in [-0.25, -0.2) is 0 Å². The summed E-state index contributed by atoms with van der Waals surface area (Å²) in [4.78, 5) is 0. The Morgan fingerprint density at radius 2 is 1.61 bits per heavy atom. The van der Waals surface area contributed by atoms with Crippen LogP contribution in [0.4, 0.5) is 0 Å². The van der Waals surface area contributed by atoms with Crippen LogP contribution in [-0.4, -0.2) is 0 Å².